The largest absolute Gasteiger partial charge is 0.412 e. The second-order valence-corrected chi connectivity index (χ2v) is 13.2. The van der Waals surface area contributed by atoms with Crippen molar-refractivity contribution in [3.63, 3.8) is 0 Å². The molecule has 1 aromatic heterocycles. The number of nitrogens with zero attached hydrogens (tertiary/aromatic N) is 3. The van der Waals surface area contributed by atoms with Crippen LogP contribution in [0, 0.1) is 0 Å². The number of nitrogen functional groups attached to an aromatic ring is 1. The standard InChI is InChI=1S/C18H30N4OSi/c1-18(2,3)24(5,6)23-13-9-10-22(11-13)17-14-12-21(4)20-16(14)8-7-15(17)19/h7-8,12-13H,9-11,19H2,1-6H3/t13-/m1/s1. The van der Waals surface area contributed by atoms with E-state index in [1.54, 1.807) is 0 Å². The molecule has 3 rings (SSSR count). The minimum absolute atomic E-state index is 0.239. The van der Waals surface area contributed by atoms with Crippen molar-refractivity contribution in [3.8, 4) is 0 Å². The molecule has 24 heavy (non-hydrogen) atoms. The molecule has 0 amide bonds. The van der Waals surface area contributed by atoms with Crippen LogP contribution in [0.25, 0.3) is 10.9 Å². The molecule has 0 aliphatic carbocycles. The molecular weight excluding hydrogens is 316 g/mol. The minimum Gasteiger partial charge on any atom is -0.412 e. The highest BCUT2D eigenvalue weighted by Gasteiger charge is 2.40. The molecule has 2 N–H and O–H groups in total. The Morgan fingerprint density at radius 3 is 2.67 bits per heavy atom. The van der Waals surface area contributed by atoms with Gasteiger partial charge in [0, 0.05) is 31.7 Å². The van der Waals surface area contributed by atoms with Gasteiger partial charge in [-0.25, -0.2) is 0 Å². The summed E-state index contributed by atoms with van der Waals surface area (Å²) in [5.74, 6) is 0. The van der Waals surface area contributed by atoms with Gasteiger partial charge in [0.2, 0.25) is 0 Å². The van der Waals surface area contributed by atoms with Gasteiger partial charge in [-0.3, -0.25) is 4.68 Å². The lowest BCUT2D eigenvalue weighted by molar-refractivity contribution is 0.202. The van der Waals surface area contributed by atoms with Crippen LogP contribution in [0.4, 0.5) is 11.4 Å². The van der Waals surface area contributed by atoms with Crippen molar-refractivity contribution in [3.05, 3.63) is 18.3 Å². The van der Waals surface area contributed by atoms with Crippen LogP contribution < -0.4 is 10.6 Å². The van der Waals surface area contributed by atoms with Gasteiger partial charge in [0.1, 0.15) is 0 Å². The Labute approximate surface area is 145 Å². The van der Waals surface area contributed by atoms with Crippen LogP contribution in [0.1, 0.15) is 27.2 Å². The van der Waals surface area contributed by atoms with Gasteiger partial charge in [-0.2, -0.15) is 5.10 Å². The van der Waals surface area contributed by atoms with E-state index in [9.17, 15) is 0 Å². The fraction of sp³-hybridized carbons (Fsp3) is 0.611. The molecule has 1 fully saturated rings. The molecule has 1 saturated heterocycles. The third-order valence-electron chi connectivity index (χ3n) is 5.54. The van der Waals surface area contributed by atoms with Crippen molar-refractivity contribution in [2.24, 2.45) is 7.05 Å². The van der Waals surface area contributed by atoms with Gasteiger partial charge in [-0.15, -0.1) is 0 Å². The van der Waals surface area contributed by atoms with Gasteiger partial charge in [0.05, 0.1) is 23.0 Å². The summed E-state index contributed by atoms with van der Waals surface area (Å²) in [4.78, 5) is 2.37. The second kappa shape index (κ2) is 5.77. The van der Waals surface area contributed by atoms with Gasteiger partial charge >= 0.3 is 0 Å². The first-order chi connectivity index (χ1) is 11.1. The first-order valence-corrected chi connectivity index (χ1v) is 11.6. The summed E-state index contributed by atoms with van der Waals surface area (Å²) in [5, 5.41) is 5.88. The Bertz CT molecular complexity index is 747. The first-order valence-electron chi connectivity index (χ1n) is 8.73. The number of anilines is 2. The maximum atomic E-state index is 6.61. The molecule has 0 unspecified atom stereocenters. The quantitative estimate of drug-likeness (QED) is 0.679. The molecule has 6 heteroatoms. The van der Waals surface area contributed by atoms with Crippen LogP contribution in [0.3, 0.4) is 0 Å². The van der Waals surface area contributed by atoms with Gasteiger partial charge < -0.3 is 15.1 Å². The highest BCUT2D eigenvalue weighted by molar-refractivity contribution is 6.74. The SMILES string of the molecule is Cn1cc2c(N3CC[C@@H](O[Si](C)(C)C(C)(C)C)C3)c(N)ccc2n1. The lowest BCUT2D eigenvalue weighted by Gasteiger charge is -2.38. The van der Waals surface area contributed by atoms with Crippen molar-refractivity contribution in [1.82, 2.24) is 9.78 Å². The molecule has 1 aliphatic heterocycles. The molecule has 1 atom stereocenters. The van der Waals surface area contributed by atoms with E-state index in [4.69, 9.17) is 10.2 Å². The molecule has 0 saturated carbocycles. The van der Waals surface area contributed by atoms with Crippen molar-refractivity contribution in [2.75, 3.05) is 23.7 Å². The Morgan fingerprint density at radius 2 is 2.00 bits per heavy atom. The second-order valence-electron chi connectivity index (χ2n) is 8.47. The number of aromatic nitrogens is 2. The molecular formula is C18H30N4OSi. The molecule has 2 heterocycles. The Balaban J connectivity index is 1.83. The van der Waals surface area contributed by atoms with E-state index < -0.39 is 8.32 Å². The summed E-state index contributed by atoms with van der Waals surface area (Å²) < 4.78 is 8.46. The summed E-state index contributed by atoms with van der Waals surface area (Å²) in [5.41, 5.74) is 9.24. The molecule has 2 aromatic rings. The third-order valence-corrected chi connectivity index (χ3v) is 10.1. The monoisotopic (exact) mass is 346 g/mol. The van der Waals surface area contributed by atoms with Crippen molar-refractivity contribution >= 4 is 30.6 Å². The van der Waals surface area contributed by atoms with Crippen LogP contribution in [0.15, 0.2) is 18.3 Å². The normalized spacial score (nSPS) is 19.4. The zero-order chi connectivity index (χ0) is 17.7. The van der Waals surface area contributed by atoms with E-state index in [-0.39, 0.29) is 11.1 Å². The molecule has 1 aromatic carbocycles. The van der Waals surface area contributed by atoms with E-state index in [1.165, 1.54) is 0 Å². The number of aryl methyl sites for hydroxylation is 1. The maximum Gasteiger partial charge on any atom is 0.192 e. The van der Waals surface area contributed by atoms with Gasteiger partial charge in [0.25, 0.3) is 0 Å². The lowest BCUT2D eigenvalue weighted by Crippen LogP contribution is -2.44. The summed E-state index contributed by atoms with van der Waals surface area (Å²) in [6.07, 6.45) is 3.41. The van der Waals surface area contributed by atoms with Crippen LogP contribution in [0.2, 0.25) is 18.1 Å². The van der Waals surface area contributed by atoms with Gasteiger partial charge in [0.15, 0.2) is 8.32 Å². The van der Waals surface area contributed by atoms with Crippen LogP contribution in [-0.4, -0.2) is 37.3 Å². The number of nitrogens with two attached hydrogens (primary N) is 1. The summed E-state index contributed by atoms with van der Waals surface area (Å²) >= 11 is 0. The van der Waals surface area contributed by atoms with Gasteiger partial charge in [-0.05, 0) is 36.7 Å². The van der Waals surface area contributed by atoms with Crippen molar-refractivity contribution in [1.29, 1.82) is 0 Å². The van der Waals surface area contributed by atoms with E-state index in [0.29, 0.717) is 0 Å². The highest BCUT2D eigenvalue weighted by atomic mass is 28.4. The third kappa shape index (κ3) is 3.05. The zero-order valence-corrected chi connectivity index (χ0v) is 16.8. The summed E-state index contributed by atoms with van der Waals surface area (Å²) in [6.45, 7) is 13.4. The molecule has 132 valence electrons. The number of rotatable bonds is 3. The number of fused-ring (bicyclic) bond motifs is 1. The molecule has 0 spiro atoms. The fourth-order valence-electron chi connectivity index (χ4n) is 3.19. The van der Waals surface area contributed by atoms with E-state index in [2.05, 4.69) is 50.1 Å². The van der Waals surface area contributed by atoms with Crippen molar-refractivity contribution in [2.45, 2.75) is 51.4 Å². The predicted molar refractivity (Wildman–Crippen MR) is 104 cm³/mol. The molecule has 0 bridgehead atoms. The zero-order valence-electron chi connectivity index (χ0n) is 15.8. The lowest BCUT2D eigenvalue weighted by atomic mass is 10.1. The minimum atomic E-state index is -1.74. The average Bonchev–Trinajstić information content (AvgIpc) is 3.02. The highest BCUT2D eigenvalue weighted by Crippen LogP contribution is 2.40. The van der Waals surface area contributed by atoms with E-state index in [1.807, 2.05) is 23.9 Å². The molecule has 0 radical (unpaired) electrons. The molecule has 5 nitrogen and oxygen atoms in total. The average molecular weight is 347 g/mol. The van der Waals surface area contributed by atoms with Crippen molar-refractivity contribution < 1.29 is 4.43 Å². The topological polar surface area (TPSA) is 56.3 Å². The van der Waals surface area contributed by atoms with E-state index in [0.717, 1.165) is 41.8 Å². The summed E-state index contributed by atoms with van der Waals surface area (Å²) in [7, 11) is 0.214. The molecule has 1 aliphatic rings. The predicted octanol–water partition coefficient (Wildman–Crippen LogP) is 3.76. The first kappa shape index (κ1) is 17.3. The number of hydrogen-bond donors (Lipinski definition) is 1. The number of hydrogen-bond acceptors (Lipinski definition) is 4. The maximum absolute atomic E-state index is 6.61. The van der Waals surface area contributed by atoms with Crippen LogP contribution in [-0.2, 0) is 11.5 Å². The smallest absolute Gasteiger partial charge is 0.192 e. The number of benzene rings is 1. The Morgan fingerprint density at radius 1 is 1.29 bits per heavy atom. The van der Waals surface area contributed by atoms with Crippen LogP contribution >= 0.6 is 0 Å². The Kier molecular flexibility index (Phi) is 4.16. The van der Waals surface area contributed by atoms with Gasteiger partial charge in [-0.1, -0.05) is 20.8 Å². The Hall–Kier alpha value is -1.53. The fourth-order valence-corrected chi connectivity index (χ4v) is 4.57. The van der Waals surface area contributed by atoms with Crippen LogP contribution in [0.5, 0.6) is 0 Å². The van der Waals surface area contributed by atoms with E-state index >= 15 is 0 Å². The summed E-state index contributed by atoms with van der Waals surface area (Å²) in [6, 6.07) is 3.96.